The Hall–Kier alpha value is -1.72. The van der Waals surface area contributed by atoms with E-state index in [1.54, 1.807) is 12.1 Å². The smallest absolute Gasteiger partial charge is 0.253 e. The molecule has 2 aromatic carbocycles. The van der Waals surface area contributed by atoms with Gasteiger partial charge in [0.15, 0.2) is 0 Å². The largest absolute Gasteiger partial charge is 0.344 e. The maximum Gasteiger partial charge on any atom is 0.253 e. The molecule has 28 heavy (non-hydrogen) atoms. The number of likely N-dealkylation sites (N-methyl/N-ethyl adjacent to an activating group) is 1. The van der Waals surface area contributed by atoms with E-state index in [0.717, 1.165) is 24.9 Å². The van der Waals surface area contributed by atoms with Crippen molar-refractivity contribution >= 4 is 21.8 Å². The molecule has 0 radical (unpaired) electrons. The van der Waals surface area contributed by atoms with Gasteiger partial charge in [0, 0.05) is 12.6 Å². The number of benzene rings is 2. The fourth-order valence-corrected chi connectivity index (χ4v) is 3.86. The summed E-state index contributed by atoms with van der Waals surface area (Å²) >= 11 is 3.20. The van der Waals surface area contributed by atoms with Crippen LogP contribution in [-0.2, 0) is 0 Å². The van der Waals surface area contributed by atoms with Gasteiger partial charge in [0.25, 0.3) is 5.91 Å². The highest BCUT2D eigenvalue weighted by Crippen LogP contribution is 2.25. The lowest BCUT2D eigenvalue weighted by Gasteiger charge is -2.35. The molecule has 0 saturated heterocycles. The monoisotopic (exact) mass is 448 g/mol. The minimum Gasteiger partial charge on any atom is -0.344 e. The Bertz CT molecular complexity index is 764. The zero-order chi connectivity index (χ0) is 20.7. The minimum atomic E-state index is -0.442. The quantitative estimate of drug-likeness (QED) is 0.524. The molecule has 3 nitrogen and oxygen atoms in total. The van der Waals surface area contributed by atoms with Crippen molar-refractivity contribution in [3.63, 3.8) is 0 Å². The predicted molar refractivity (Wildman–Crippen MR) is 117 cm³/mol. The summed E-state index contributed by atoms with van der Waals surface area (Å²) in [6.45, 7) is 7.52. The van der Waals surface area contributed by atoms with E-state index in [-0.39, 0.29) is 22.5 Å². The van der Waals surface area contributed by atoms with Crippen molar-refractivity contribution in [3.05, 3.63) is 69.9 Å². The third-order valence-electron chi connectivity index (χ3n) is 5.52. The van der Waals surface area contributed by atoms with Crippen LogP contribution in [0.15, 0.2) is 53.0 Å². The van der Waals surface area contributed by atoms with Crippen molar-refractivity contribution in [2.24, 2.45) is 5.92 Å². The number of nitrogens with zero attached hydrogens (tertiary/aromatic N) is 1. The van der Waals surface area contributed by atoms with Crippen molar-refractivity contribution in [3.8, 4) is 0 Å². The summed E-state index contributed by atoms with van der Waals surface area (Å²) in [4.78, 5) is 15.2. The van der Waals surface area contributed by atoms with Crippen molar-refractivity contribution in [2.75, 3.05) is 13.6 Å². The van der Waals surface area contributed by atoms with Crippen LogP contribution in [0.5, 0.6) is 0 Å². The van der Waals surface area contributed by atoms with Crippen molar-refractivity contribution < 1.29 is 9.18 Å². The highest BCUT2D eigenvalue weighted by molar-refractivity contribution is 9.10. The molecule has 1 amide bonds. The molecule has 0 bridgehead atoms. The van der Waals surface area contributed by atoms with E-state index in [1.807, 2.05) is 30.3 Å². The molecule has 152 valence electrons. The molecular weight excluding hydrogens is 419 g/mol. The van der Waals surface area contributed by atoms with Crippen LogP contribution in [0.4, 0.5) is 4.39 Å². The molecule has 2 atom stereocenters. The second-order valence-corrected chi connectivity index (χ2v) is 8.12. The summed E-state index contributed by atoms with van der Waals surface area (Å²) in [5, 5.41) is 3.13. The van der Waals surface area contributed by atoms with E-state index in [1.165, 1.54) is 6.07 Å². The zero-order valence-corrected chi connectivity index (χ0v) is 18.7. The third kappa shape index (κ3) is 5.65. The minimum absolute atomic E-state index is 0.0827. The molecule has 2 rings (SSSR count). The summed E-state index contributed by atoms with van der Waals surface area (Å²) in [6.07, 6.45) is 2.26. The number of amides is 1. The average Bonchev–Trinajstić information content (AvgIpc) is 2.71. The zero-order valence-electron chi connectivity index (χ0n) is 17.1. The molecule has 0 saturated carbocycles. The first-order valence-electron chi connectivity index (χ1n) is 9.89. The first kappa shape index (κ1) is 22.6. The average molecular weight is 449 g/mol. The van der Waals surface area contributed by atoms with Gasteiger partial charge in [0.2, 0.25) is 0 Å². The summed E-state index contributed by atoms with van der Waals surface area (Å²) in [7, 11) is 2.10. The molecule has 0 fully saturated rings. The molecule has 1 N–H and O–H groups in total. The maximum atomic E-state index is 13.9. The van der Waals surface area contributed by atoms with Gasteiger partial charge in [0.1, 0.15) is 5.82 Å². The van der Waals surface area contributed by atoms with Crippen LogP contribution < -0.4 is 5.32 Å². The summed E-state index contributed by atoms with van der Waals surface area (Å²) in [5.41, 5.74) is 1.34. The Kier molecular flexibility index (Phi) is 8.64. The lowest BCUT2D eigenvalue weighted by atomic mass is 9.96. The fraction of sp³-hybridized carbons (Fsp3) is 0.435. The number of hydrogen-bond acceptors (Lipinski definition) is 2. The molecule has 2 unspecified atom stereocenters. The van der Waals surface area contributed by atoms with Gasteiger partial charge < -0.3 is 10.2 Å². The number of rotatable bonds is 9. The van der Waals surface area contributed by atoms with Gasteiger partial charge in [0.05, 0.1) is 16.1 Å². The van der Waals surface area contributed by atoms with E-state index >= 15 is 0 Å². The van der Waals surface area contributed by atoms with E-state index in [4.69, 9.17) is 0 Å². The lowest BCUT2D eigenvalue weighted by molar-refractivity contribution is 0.0896. The van der Waals surface area contributed by atoms with Gasteiger partial charge in [-0.25, -0.2) is 4.39 Å². The van der Waals surface area contributed by atoms with Crippen LogP contribution in [-0.4, -0.2) is 30.4 Å². The standard InChI is InChI=1S/C23H30BrFN2O/c1-5-17(6-2)15-27(4)16(3)22(18-11-8-7-9-12-18)26-23(28)19-13-10-14-20(25)21(19)24/h7-14,16-17,22H,5-6,15H2,1-4H3,(H,26,28). The molecule has 0 aliphatic rings. The van der Waals surface area contributed by atoms with Crippen LogP contribution in [0.1, 0.15) is 55.6 Å². The Morgan fingerprint density at radius 1 is 1.11 bits per heavy atom. The lowest BCUT2D eigenvalue weighted by Crippen LogP contribution is -2.44. The first-order chi connectivity index (χ1) is 13.4. The molecule has 5 heteroatoms. The van der Waals surface area contributed by atoms with Gasteiger partial charge in [-0.15, -0.1) is 0 Å². The van der Waals surface area contributed by atoms with Gasteiger partial charge in [-0.3, -0.25) is 4.79 Å². The molecule has 0 spiro atoms. The second kappa shape index (κ2) is 10.7. The number of halogens is 2. The van der Waals surface area contributed by atoms with Crippen LogP contribution in [0.2, 0.25) is 0 Å². The first-order valence-corrected chi connectivity index (χ1v) is 10.7. The maximum absolute atomic E-state index is 13.9. The van der Waals surface area contributed by atoms with Gasteiger partial charge in [-0.1, -0.05) is 63.1 Å². The number of carbonyl (C=O) groups excluding carboxylic acids is 1. The molecule has 0 aliphatic heterocycles. The Morgan fingerprint density at radius 3 is 2.36 bits per heavy atom. The van der Waals surface area contributed by atoms with Crippen molar-refractivity contribution in [2.45, 2.75) is 45.7 Å². The Balaban J connectivity index is 2.27. The van der Waals surface area contributed by atoms with E-state index in [2.05, 4.69) is 54.0 Å². The van der Waals surface area contributed by atoms with Gasteiger partial charge >= 0.3 is 0 Å². The molecular formula is C23H30BrFN2O. The topological polar surface area (TPSA) is 32.3 Å². The SMILES string of the molecule is CCC(CC)CN(C)C(C)C(NC(=O)c1cccc(F)c1Br)c1ccccc1. The van der Waals surface area contributed by atoms with Gasteiger partial charge in [-0.05, 0) is 53.5 Å². The van der Waals surface area contributed by atoms with Crippen LogP contribution in [0.25, 0.3) is 0 Å². The Labute approximate surface area is 176 Å². The van der Waals surface area contributed by atoms with Crippen LogP contribution in [0.3, 0.4) is 0 Å². The van der Waals surface area contributed by atoms with Crippen molar-refractivity contribution in [1.29, 1.82) is 0 Å². The molecule has 0 heterocycles. The summed E-state index contributed by atoms with van der Waals surface area (Å²) < 4.78 is 14.1. The van der Waals surface area contributed by atoms with Gasteiger partial charge in [-0.2, -0.15) is 0 Å². The van der Waals surface area contributed by atoms with Crippen LogP contribution >= 0.6 is 15.9 Å². The normalized spacial score (nSPS) is 13.6. The number of carbonyl (C=O) groups is 1. The fourth-order valence-electron chi connectivity index (χ4n) is 3.42. The summed E-state index contributed by atoms with van der Waals surface area (Å²) in [5.74, 6) is -0.109. The van der Waals surface area contributed by atoms with E-state index < -0.39 is 5.82 Å². The number of hydrogen-bond donors (Lipinski definition) is 1. The predicted octanol–water partition coefficient (Wildman–Crippen LogP) is 5.82. The highest BCUT2D eigenvalue weighted by Gasteiger charge is 2.27. The number of nitrogens with one attached hydrogen (secondary N) is 1. The Morgan fingerprint density at radius 2 is 1.75 bits per heavy atom. The highest BCUT2D eigenvalue weighted by atomic mass is 79.9. The van der Waals surface area contributed by atoms with E-state index in [9.17, 15) is 9.18 Å². The molecule has 0 aromatic heterocycles. The van der Waals surface area contributed by atoms with E-state index in [0.29, 0.717) is 11.5 Å². The summed E-state index contributed by atoms with van der Waals surface area (Å²) in [6, 6.07) is 14.3. The third-order valence-corrected chi connectivity index (χ3v) is 6.33. The van der Waals surface area contributed by atoms with Crippen LogP contribution in [0, 0.1) is 11.7 Å². The molecule has 2 aromatic rings. The molecule has 0 aliphatic carbocycles. The van der Waals surface area contributed by atoms with Crippen molar-refractivity contribution in [1.82, 2.24) is 10.2 Å². The second-order valence-electron chi connectivity index (χ2n) is 7.33.